The van der Waals surface area contributed by atoms with Crippen LogP contribution in [0.25, 0.3) is 0 Å². The molecule has 30 heavy (non-hydrogen) atoms. The molecular formula is C25H22O2S3. The summed E-state index contributed by atoms with van der Waals surface area (Å²) in [6.07, 6.45) is 1.25. The van der Waals surface area contributed by atoms with Gasteiger partial charge in [0.25, 0.3) is 0 Å². The topological polar surface area (TPSA) is 34.1 Å². The van der Waals surface area contributed by atoms with Gasteiger partial charge in [-0.15, -0.1) is 9.06 Å². The summed E-state index contributed by atoms with van der Waals surface area (Å²) in [5.74, 6) is 0. The highest BCUT2D eigenvalue weighted by molar-refractivity contribution is 8.94. The number of hydrogen-bond donors (Lipinski definition) is 0. The lowest BCUT2D eigenvalue weighted by Gasteiger charge is -2.40. The molecule has 0 bridgehead atoms. The van der Waals surface area contributed by atoms with Crippen LogP contribution in [-0.2, 0) is 9.84 Å². The summed E-state index contributed by atoms with van der Waals surface area (Å²) in [6, 6.07) is 38.8. The maximum atomic E-state index is 12.0. The van der Waals surface area contributed by atoms with Crippen molar-refractivity contribution in [2.45, 2.75) is 24.5 Å². The average molecular weight is 451 g/mol. The molecule has 0 saturated heterocycles. The molecule has 0 amide bonds. The first-order chi connectivity index (χ1) is 14.5. The van der Waals surface area contributed by atoms with Crippen molar-refractivity contribution in [3.63, 3.8) is 0 Å². The van der Waals surface area contributed by atoms with Gasteiger partial charge in [0.1, 0.15) is 0 Å². The zero-order chi connectivity index (χ0) is 21.0. The van der Waals surface area contributed by atoms with Crippen molar-refractivity contribution in [3.05, 3.63) is 115 Å². The van der Waals surface area contributed by atoms with Gasteiger partial charge in [0.2, 0.25) is 0 Å². The van der Waals surface area contributed by atoms with Gasteiger partial charge in [0.15, 0.2) is 9.84 Å². The highest BCUT2D eigenvalue weighted by atomic mass is 33.2. The molecule has 0 aliphatic rings. The lowest BCUT2D eigenvalue weighted by atomic mass is 10.4. The molecule has 0 saturated carbocycles. The van der Waals surface area contributed by atoms with E-state index in [4.69, 9.17) is 0 Å². The van der Waals surface area contributed by atoms with Gasteiger partial charge in [-0.3, -0.25) is 0 Å². The summed E-state index contributed by atoms with van der Waals surface area (Å²) in [4.78, 5) is 5.06. The van der Waals surface area contributed by atoms with Gasteiger partial charge >= 0.3 is 0 Å². The highest BCUT2D eigenvalue weighted by Gasteiger charge is 2.32. The monoisotopic (exact) mass is 450 g/mol. The standard InChI is InChI=1S/C25H22O2S3/c1-29(26,27)22-17-19-25(20-18-22)30(23-13-7-3-8-14-23,24-15-9-4-10-16-24)28-21-11-5-2-6-12-21/h2-20H,1H3. The Morgan fingerprint density at radius 3 is 1.30 bits per heavy atom. The van der Waals surface area contributed by atoms with Gasteiger partial charge in [-0.25, -0.2) is 8.42 Å². The third-order valence-corrected chi connectivity index (χ3v) is 12.4. The molecule has 0 atom stereocenters. The van der Waals surface area contributed by atoms with Crippen LogP contribution in [0.2, 0.25) is 0 Å². The zero-order valence-corrected chi connectivity index (χ0v) is 19.0. The van der Waals surface area contributed by atoms with Crippen LogP contribution < -0.4 is 0 Å². The summed E-state index contributed by atoms with van der Waals surface area (Å²) in [6.45, 7) is 0. The molecule has 0 aliphatic heterocycles. The fourth-order valence-electron chi connectivity index (χ4n) is 3.28. The van der Waals surface area contributed by atoms with Crippen LogP contribution in [0.15, 0.2) is 140 Å². The van der Waals surface area contributed by atoms with Gasteiger partial charge in [-0.1, -0.05) is 65.4 Å². The Bertz CT molecular complexity index is 1170. The molecule has 2 nitrogen and oxygen atoms in total. The zero-order valence-electron chi connectivity index (χ0n) is 16.5. The van der Waals surface area contributed by atoms with E-state index in [9.17, 15) is 8.42 Å². The van der Waals surface area contributed by atoms with Gasteiger partial charge < -0.3 is 0 Å². The molecule has 0 heterocycles. The quantitative estimate of drug-likeness (QED) is 0.294. The molecule has 4 aromatic rings. The fraction of sp³-hybridized carbons (Fsp3) is 0.0400. The maximum Gasteiger partial charge on any atom is 0.175 e. The molecular weight excluding hydrogens is 428 g/mol. The third-order valence-electron chi connectivity index (χ3n) is 4.70. The first kappa shape index (κ1) is 20.8. The number of benzene rings is 4. The first-order valence-corrected chi connectivity index (χ1v) is 14.3. The van der Waals surface area contributed by atoms with Crippen LogP contribution in [0.4, 0.5) is 0 Å². The molecule has 0 aromatic heterocycles. The summed E-state index contributed by atoms with van der Waals surface area (Å²) in [5.41, 5.74) is 0. The van der Waals surface area contributed by atoms with Crippen molar-refractivity contribution in [2.75, 3.05) is 6.26 Å². The summed E-state index contributed by atoms with van der Waals surface area (Å²) >= 11 is 0. The predicted octanol–water partition coefficient (Wildman–Crippen LogP) is 7.08. The van der Waals surface area contributed by atoms with E-state index in [0.717, 1.165) is 4.90 Å². The van der Waals surface area contributed by atoms with E-state index < -0.39 is 18.9 Å². The molecule has 0 N–H and O–H groups in total. The van der Waals surface area contributed by atoms with Crippen molar-refractivity contribution < 1.29 is 8.42 Å². The normalized spacial score (nSPS) is 12.4. The molecule has 4 rings (SSSR count). The second kappa shape index (κ2) is 8.72. The van der Waals surface area contributed by atoms with Crippen molar-refractivity contribution >= 4 is 29.7 Å². The molecule has 0 fully saturated rings. The Hall–Kier alpha value is -2.47. The fourth-order valence-corrected chi connectivity index (χ4v) is 10.2. The van der Waals surface area contributed by atoms with E-state index in [-0.39, 0.29) is 0 Å². The van der Waals surface area contributed by atoms with Crippen molar-refractivity contribution in [1.29, 1.82) is 0 Å². The van der Waals surface area contributed by atoms with E-state index in [1.54, 1.807) is 12.1 Å². The van der Waals surface area contributed by atoms with Crippen molar-refractivity contribution in [2.24, 2.45) is 0 Å². The molecule has 0 unspecified atom stereocenters. The van der Waals surface area contributed by atoms with Crippen LogP contribution >= 0.6 is 19.9 Å². The van der Waals surface area contributed by atoms with Crippen LogP contribution in [-0.4, -0.2) is 14.7 Å². The summed E-state index contributed by atoms with van der Waals surface area (Å²) in [5, 5.41) is 0. The second-order valence-electron chi connectivity index (χ2n) is 6.82. The molecule has 0 aliphatic carbocycles. The molecule has 4 aromatic carbocycles. The van der Waals surface area contributed by atoms with Gasteiger partial charge in [-0.05, 0) is 60.7 Å². The number of rotatable bonds is 6. The lowest BCUT2D eigenvalue weighted by Crippen LogP contribution is -2.02. The van der Waals surface area contributed by atoms with Crippen LogP contribution in [0, 0.1) is 0 Å². The van der Waals surface area contributed by atoms with E-state index in [2.05, 4.69) is 72.8 Å². The van der Waals surface area contributed by atoms with Crippen LogP contribution in [0.1, 0.15) is 0 Å². The summed E-state index contributed by atoms with van der Waals surface area (Å²) in [7, 11) is -3.13. The Balaban J connectivity index is 1.99. The Morgan fingerprint density at radius 2 is 0.867 bits per heavy atom. The SMILES string of the molecule is CS(=O)(=O)c1ccc(S(Sc2ccccc2)(c2ccccc2)c2ccccc2)cc1. The van der Waals surface area contributed by atoms with E-state index >= 15 is 0 Å². The summed E-state index contributed by atoms with van der Waals surface area (Å²) < 4.78 is 24.1. The van der Waals surface area contributed by atoms with Gasteiger partial charge in [0, 0.05) is 25.8 Å². The Kier molecular flexibility index (Phi) is 6.04. The average Bonchev–Trinajstić information content (AvgIpc) is 2.79. The third kappa shape index (κ3) is 4.19. The highest BCUT2D eigenvalue weighted by Crippen LogP contribution is 2.78. The van der Waals surface area contributed by atoms with Crippen LogP contribution in [0.5, 0.6) is 0 Å². The van der Waals surface area contributed by atoms with E-state index in [1.165, 1.54) is 20.9 Å². The Morgan fingerprint density at radius 1 is 0.500 bits per heavy atom. The largest absolute Gasteiger partial charge is 0.224 e. The Labute approximate surface area is 183 Å². The van der Waals surface area contributed by atoms with Crippen molar-refractivity contribution in [3.8, 4) is 0 Å². The van der Waals surface area contributed by atoms with Crippen LogP contribution in [0.3, 0.4) is 0 Å². The smallest absolute Gasteiger partial charge is 0.175 e. The lowest BCUT2D eigenvalue weighted by molar-refractivity contribution is 0.602. The number of sulfone groups is 1. The first-order valence-electron chi connectivity index (χ1n) is 9.48. The molecule has 5 heteroatoms. The van der Waals surface area contributed by atoms with E-state index in [1.807, 2.05) is 41.1 Å². The minimum atomic E-state index is -3.25. The minimum Gasteiger partial charge on any atom is -0.224 e. The maximum absolute atomic E-state index is 12.0. The number of hydrogen-bond acceptors (Lipinski definition) is 3. The van der Waals surface area contributed by atoms with Gasteiger partial charge in [-0.2, -0.15) is 0 Å². The molecule has 0 radical (unpaired) electrons. The molecule has 152 valence electrons. The van der Waals surface area contributed by atoms with Gasteiger partial charge in [0.05, 0.1) is 4.90 Å². The predicted molar refractivity (Wildman–Crippen MR) is 127 cm³/mol. The van der Waals surface area contributed by atoms with Crippen molar-refractivity contribution in [1.82, 2.24) is 0 Å². The molecule has 0 spiro atoms. The minimum absolute atomic E-state index is 0.338. The van der Waals surface area contributed by atoms with E-state index in [0.29, 0.717) is 4.90 Å². The second-order valence-corrected chi connectivity index (χ2v) is 14.0.